The van der Waals surface area contributed by atoms with Crippen LogP contribution in [0, 0.1) is 0 Å². The highest BCUT2D eigenvalue weighted by atomic mass is 19.4. The van der Waals surface area contributed by atoms with Gasteiger partial charge in [0.05, 0.1) is 0 Å². The van der Waals surface area contributed by atoms with Crippen LogP contribution in [0.3, 0.4) is 0 Å². The molecule has 0 bridgehead atoms. The maximum Gasteiger partial charge on any atom is 0.573 e. The Morgan fingerprint density at radius 1 is 0.943 bits per heavy atom. The summed E-state index contributed by atoms with van der Waals surface area (Å²) in [5.41, 5.74) is 1.35. The number of likely N-dealkylation sites (tertiary alicyclic amines) is 2. The van der Waals surface area contributed by atoms with Gasteiger partial charge in [0.2, 0.25) is 0 Å². The zero-order valence-electron chi connectivity index (χ0n) is 20.0. The van der Waals surface area contributed by atoms with E-state index in [0.717, 1.165) is 32.1 Å². The van der Waals surface area contributed by atoms with Gasteiger partial charge < -0.3 is 19.9 Å². The summed E-state index contributed by atoms with van der Waals surface area (Å²) in [6, 6.07) is 13.2. The number of ether oxygens (including phenoxy) is 1. The molecule has 0 aliphatic carbocycles. The third-order valence-corrected chi connectivity index (χ3v) is 6.97. The number of benzene rings is 2. The average Bonchev–Trinajstić information content (AvgIpc) is 2.87. The first-order valence-corrected chi connectivity index (χ1v) is 12.6. The van der Waals surface area contributed by atoms with Gasteiger partial charge in [-0.05, 0) is 88.6 Å². The minimum Gasteiger partial charge on any atom is -0.405 e. The Bertz CT molecular complexity index is 951. The molecule has 0 spiro atoms. The van der Waals surface area contributed by atoms with Crippen molar-refractivity contribution in [1.29, 1.82) is 0 Å². The van der Waals surface area contributed by atoms with Gasteiger partial charge in [0, 0.05) is 23.7 Å². The number of halogens is 3. The van der Waals surface area contributed by atoms with E-state index < -0.39 is 6.36 Å². The minimum absolute atomic E-state index is 0.180. The molecule has 0 unspecified atom stereocenters. The van der Waals surface area contributed by atoms with E-state index in [1.165, 1.54) is 57.3 Å². The van der Waals surface area contributed by atoms with Crippen molar-refractivity contribution in [1.82, 2.24) is 15.1 Å². The van der Waals surface area contributed by atoms with Crippen LogP contribution in [0.1, 0.15) is 48.9 Å². The molecule has 2 aromatic carbocycles. The summed E-state index contributed by atoms with van der Waals surface area (Å²) in [5, 5.41) is 2.95. The van der Waals surface area contributed by atoms with E-state index >= 15 is 0 Å². The Morgan fingerprint density at radius 3 is 2.31 bits per heavy atom. The molecule has 2 fully saturated rings. The Labute approximate surface area is 205 Å². The second kappa shape index (κ2) is 11.9. The van der Waals surface area contributed by atoms with Crippen LogP contribution in [0.2, 0.25) is 0 Å². The van der Waals surface area contributed by atoms with E-state index in [4.69, 9.17) is 0 Å². The molecule has 0 saturated carbocycles. The van der Waals surface area contributed by atoms with Crippen molar-refractivity contribution in [2.75, 3.05) is 39.3 Å². The highest BCUT2D eigenvalue weighted by Crippen LogP contribution is 2.33. The summed E-state index contributed by atoms with van der Waals surface area (Å²) in [5.74, 6) is -0.447. The van der Waals surface area contributed by atoms with Crippen molar-refractivity contribution in [2.45, 2.75) is 50.9 Å². The summed E-state index contributed by atoms with van der Waals surface area (Å²) >= 11 is 0. The first-order valence-electron chi connectivity index (χ1n) is 12.6. The molecule has 2 aromatic rings. The van der Waals surface area contributed by atoms with Gasteiger partial charge in [-0.15, -0.1) is 13.2 Å². The fraction of sp³-hybridized carbons (Fsp3) is 0.519. The topological polar surface area (TPSA) is 44.8 Å². The number of piperidine rings is 2. The number of para-hydroxylation sites is 1. The molecular weight excluding hydrogens is 455 g/mol. The van der Waals surface area contributed by atoms with Gasteiger partial charge in [0.25, 0.3) is 5.91 Å². The largest absolute Gasteiger partial charge is 0.573 e. The summed E-state index contributed by atoms with van der Waals surface area (Å²) in [4.78, 5) is 17.7. The van der Waals surface area contributed by atoms with Gasteiger partial charge in [-0.25, -0.2) is 0 Å². The van der Waals surface area contributed by atoms with Crippen molar-refractivity contribution in [3.05, 3.63) is 54.1 Å². The lowest BCUT2D eigenvalue weighted by Gasteiger charge is -2.40. The standard InChI is InChI=1S/C27H34F3N3O2/c28-27(29,30)35-25-8-3-2-7-24(25)21-9-11-22(12-10-21)26(34)31-15-6-16-32-19-13-23(14-20-32)33-17-4-1-5-18-33/h2-3,7-12,23H,1,4-6,13-20H2,(H,31,34). The zero-order chi connectivity index (χ0) is 24.7. The Hall–Kier alpha value is -2.58. The van der Waals surface area contributed by atoms with E-state index in [-0.39, 0.29) is 11.7 Å². The lowest BCUT2D eigenvalue weighted by molar-refractivity contribution is -0.274. The van der Waals surface area contributed by atoms with Gasteiger partial charge in [-0.3, -0.25) is 4.79 Å². The highest BCUT2D eigenvalue weighted by Gasteiger charge is 2.32. The number of hydrogen-bond acceptors (Lipinski definition) is 4. The minimum atomic E-state index is -4.76. The van der Waals surface area contributed by atoms with Gasteiger partial charge in [0.15, 0.2) is 0 Å². The fourth-order valence-corrected chi connectivity index (χ4v) is 5.12. The maximum atomic E-state index is 12.7. The fourth-order valence-electron chi connectivity index (χ4n) is 5.12. The predicted molar refractivity (Wildman–Crippen MR) is 130 cm³/mol. The molecular formula is C27H34F3N3O2. The smallest absolute Gasteiger partial charge is 0.405 e. The molecule has 2 heterocycles. The molecule has 1 N–H and O–H groups in total. The lowest BCUT2D eigenvalue weighted by atomic mass is 10.00. The van der Waals surface area contributed by atoms with Crippen molar-refractivity contribution in [3.63, 3.8) is 0 Å². The van der Waals surface area contributed by atoms with Crippen molar-refractivity contribution < 1.29 is 22.7 Å². The van der Waals surface area contributed by atoms with Gasteiger partial charge in [0.1, 0.15) is 5.75 Å². The number of carbonyl (C=O) groups is 1. The highest BCUT2D eigenvalue weighted by molar-refractivity contribution is 5.94. The van der Waals surface area contributed by atoms with Crippen LogP contribution in [-0.2, 0) is 0 Å². The Kier molecular flexibility index (Phi) is 8.68. The number of rotatable bonds is 8. The molecule has 8 heteroatoms. The van der Waals surface area contributed by atoms with Crippen LogP contribution in [0.25, 0.3) is 11.1 Å². The molecule has 5 nitrogen and oxygen atoms in total. The van der Waals surface area contributed by atoms with Crippen LogP contribution in [0.15, 0.2) is 48.5 Å². The van der Waals surface area contributed by atoms with Crippen LogP contribution in [0.5, 0.6) is 5.75 Å². The third kappa shape index (κ3) is 7.45. The maximum absolute atomic E-state index is 12.7. The number of nitrogens with zero attached hydrogens (tertiary/aromatic N) is 2. The molecule has 2 saturated heterocycles. The van der Waals surface area contributed by atoms with Gasteiger partial charge in [-0.1, -0.05) is 36.8 Å². The quantitative estimate of drug-likeness (QED) is 0.510. The van der Waals surface area contributed by atoms with Crippen LogP contribution >= 0.6 is 0 Å². The third-order valence-electron chi connectivity index (χ3n) is 6.97. The molecule has 190 valence electrons. The summed E-state index contributed by atoms with van der Waals surface area (Å²) in [7, 11) is 0. The predicted octanol–water partition coefficient (Wildman–Crippen LogP) is 5.32. The number of carbonyl (C=O) groups excluding carboxylic acids is 1. The molecule has 2 aliphatic rings. The van der Waals surface area contributed by atoms with E-state index in [2.05, 4.69) is 19.9 Å². The van der Waals surface area contributed by atoms with E-state index in [0.29, 0.717) is 23.2 Å². The second-order valence-electron chi connectivity index (χ2n) is 9.40. The van der Waals surface area contributed by atoms with Gasteiger partial charge in [-0.2, -0.15) is 0 Å². The molecule has 1 amide bonds. The Morgan fingerprint density at radius 2 is 1.63 bits per heavy atom. The molecule has 2 aliphatic heterocycles. The van der Waals surface area contributed by atoms with Gasteiger partial charge >= 0.3 is 6.36 Å². The first-order chi connectivity index (χ1) is 16.9. The molecule has 4 rings (SSSR count). The first kappa shape index (κ1) is 25.5. The molecule has 35 heavy (non-hydrogen) atoms. The van der Waals surface area contributed by atoms with Crippen LogP contribution in [0.4, 0.5) is 13.2 Å². The van der Waals surface area contributed by atoms with E-state index in [9.17, 15) is 18.0 Å². The Balaban J connectivity index is 1.20. The SMILES string of the molecule is O=C(NCCCN1CCC(N2CCCCC2)CC1)c1ccc(-c2ccccc2OC(F)(F)F)cc1. The lowest BCUT2D eigenvalue weighted by Crippen LogP contribution is -2.47. The average molecular weight is 490 g/mol. The van der Waals surface area contributed by atoms with E-state index in [1.807, 2.05) is 0 Å². The second-order valence-corrected chi connectivity index (χ2v) is 9.40. The zero-order valence-corrected chi connectivity index (χ0v) is 20.0. The number of nitrogens with one attached hydrogen (secondary N) is 1. The van der Waals surface area contributed by atoms with Crippen LogP contribution in [-0.4, -0.2) is 67.4 Å². The number of hydrogen-bond donors (Lipinski definition) is 1. The molecule has 0 aromatic heterocycles. The van der Waals surface area contributed by atoms with Crippen molar-refractivity contribution >= 4 is 5.91 Å². The van der Waals surface area contributed by atoms with E-state index in [1.54, 1.807) is 36.4 Å². The van der Waals surface area contributed by atoms with Crippen LogP contribution < -0.4 is 10.1 Å². The van der Waals surface area contributed by atoms with Crippen molar-refractivity contribution in [2.24, 2.45) is 0 Å². The molecule has 0 atom stereocenters. The monoisotopic (exact) mass is 489 g/mol. The molecule has 0 radical (unpaired) electrons. The summed E-state index contributed by atoms with van der Waals surface area (Å²) in [6.07, 6.45) is 2.63. The number of amides is 1. The summed E-state index contributed by atoms with van der Waals surface area (Å²) in [6.45, 7) is 6.32. The van der Waals surface area contributed by atoms with Crippen molar-refractivity contribution in [3.8, 4) is 16.9 Å². The normalized spacial score (nSPS) is 18.4. The summed E-state index contributed by atoms with van der Waals surface area (Å²) < 4.78 is 42.2. The number of alkyl halides is 3.